The average molecular weight is 290 g/mol. The molecule has 0 aliphatic carbocycles. The van der Waals surface area contributed by atoms with Crippen molar-refractivity contribution in [3.8, 4) is 0 Å². The Morgan fingerprint density at radius 2 is 1.78 bits per heavy atom. The van der Waals surface area contributed by atoms with Gasteiger partial charge < -0.3 is 4.74 Å². The molecule has 0 bridgehead atoms. The molecule has 4 atom stereocenters. The zero-order valence-electron chi connectivity index (χ0n) is 10.4. The molecule has 108 valence electrons. The number of hydrogen-bond donors (Lipinski definition) is 0. The number of halogens is 3. The van der Waals surface area contributed by atoms with Crippen LogP contribution in [-0.2, 0) is 19.0 Å². The second-order valence-electron chi connectivity index (χ2n) is 4.32. The van der Waals surface area contributed by atoms with E-state index >= 15 is 0 Å². The van der Waals surface area contributed by atoms with Gasteiger partial charge in [0.1, 0.15) is 6.10 Å². The predicted molar refractivity (Wildman–Crippen MR) is 58.3 cm³/mol. The quantitative estimate of drug-likeness (QED) is 0.589. The van der Waals surface area contributed by atoms with E-state index in [0.29, 0.717) is 12.8 Å². The van der Waals surface area contributed by atoms with Crippen molar-refractivity contribution in [1.82, 2.24) is 0 Å². The van der Waals surface area contributed by atoms with Gasteiger partial charge in [-0.05, 0) is 19.8 Å². The molecule has 1 heterocycles. The minimum absolute atomic E-state index is 0.265. The first kappa shape index (κ1) is 15.7. The normalized spacial score (nSPS) is 33.9. The number of ether oxygens (including phenoxy) is 1. The fraction of sp³-hybridized carbons (Fsp3) is 1.00. The molecule has 0 aromatic carbocycles. The van der Waals surface area contributed by atoms with E-state index in [-0.39, 0.29) is 12.0 Å². The first-order valence-corrected chi connectivity index (χ1v) is 7.19. The third-order valence-electron chi connectivity index (χ3n) is 3.15. The van der Waals surface area contributed by atoms with Gasteiger partial charge in [0.2, 0.25) is 0 Å². The SMILES string of the molecule is CCC1C(OS(=O)(=O)C(F)(F)F)[C@H](C)O[C@@H]1CC. The van der Waals surface area contributed by atoms with E-state index in [4.69, 9.17) is 4.74 Å². The van der Waals surface area contributed by atoms with Crippen LogP contribution in [0.1, 0.15) is 33.6 Å². The first-order chi connectivity index (χ1) is 8.14. The lowest BCUT2D eigenvalue weighted by molar-refractivity contribution is -0.0608. The van der Waals surface area contributed by atoms with E-state index in [1.165, 1.54) is 6.92 Å². The minimum atomic E-state index is -5.57. The van der Waals surface area contributed by atoms with Crippen LogP contribution in [0.5, 0.6) is 0 Å². The highest BCUT2D eigenvalue weighted by Crippen LogP contribution is 2.37. The van der Waals surface area contributed by atoms with Gasteiger partial charge in [0.25, 0.3) is 0 Å². The van der Waals surface area contributed by atoms with Gasteiger partial charge in [0.05, 0.1) is 12.2 Å². The number of hydrogen-bond acceptors (Lipinski definition) is 4. The van der Waals surface area contributed by atoms with Gasteiger partial charge in [-0.25, -0.2) is 0 Å². The lowest BCUT2D eigenvalue weighted by Crippen LogP contribution is -2.36. The van der Waals surface area contributed by atoms with Crippen LogP contribution in [0.4, 0.5) is 13.2 Å². The van der Waals surface area contributed by atoms with Crippen molar-refractivity contribution in [3.63, 3.8) is 0 Å². The summed E-state index contributed by atoms with van der Waals surface area (Å²) < 4.78 is 68.6. The summed E-state index contributed by atoms with van der Waals surface area (Å²) in [5.74, 6) is -0.345. The molecule has 0 amide bonds. The van der Waals surface area contributed by atoms with Crippen LogP contribution in [0.25, 0.3) is 0 Å². The molecule has 1 fully saturated rings. The van der Waals surface area contributed by atoms with Crippen LogP contribution in [0.2, 0.25) is 0 Å². The van der Waals surface area contributed by atoms with Crippen molar-refractivity contribution in [2.45, 2.75) is 57.4 Å². The summed E-state index contributed by atoms with van der Waals surface area (Å²) in [7, 11) is -5.57. The topological polar surface area (TPSA) is 52.6 Å². The molecule has 0 N–H and O–H groups in total. The molecule has 8 heteroatoms. The maximum absolute atomic E-state index is 12.3. The second kappa shape index (κ2) is 5.34. The van der Waals surface area contributed by atoms with Gasteiger partial charge in [-0.3, -0.25) is 4.18 Å². The summed E-state index contributed by atoms with van der Waals surface area (Å²) in [6, 6.07) is 0. The Labute approximate surface area is 105 Å². The van der Waals surface area contributed by atoms with Gasteiger partial charge in [-0.1, -0.05) is 13.8 Å². The van der Waals surface area contributed by atoms with E-state index in [0.717, 1.165) is 0 Å². The summed E-state index contributed by atoms with van der Waals surface area (Å²) in [5, 5.41) is 0. The van der Waals surface area contributed by atoms with Crippen LogP contribution in [0.3, 0.4) is 0 Å². The average Bonchev–Trinajstić information content (AvgIpc) is 2.53. The van der Waals surface area contributed by atoms with Crippen LogP contribution < -0.4 is 0 Å². The monoisotopic (exact) mass is 290 g/mol. The van der Waals surface area contributed by atoms with E-state index in [1.54, 1.807) is 6.92 Å². The Balaban J connectivity index is 2.90. The lowest BCUT2D eigenvalue weighted by atomic mass is 9.93. The maximum Gasteiger partial charge on any atom is 0.523 e. The molecular formula is C10H17F3O4S. The van der Waals surface area contributed by atoms with Gasteiger partial charge in [0.15, 0.2) is 0 Å². The maximum atomic E-state index is 12.3. The van der Waals surface area contributed by atoms with E-state index in [1.807, 2.05) is 6.92 Å². The molecule has 0 aromatic rings. The molecule has 0 saturated carbocycles. The van der Waals surface area contributed by atoms with Crippen LogP contribution in [0.15, 0.2) is 0 Å². The molecule has 0 aromatic heterocycles. The third kappa shape index (κ3) is 2.97. The molecule has 1 aliphatic rings. The predicted octanol–water partition coefficient (Wildman–Crippen LogP) is 2.44. The van der Waals surface area contributed by atoms with Crippen molar-refractivity contribution < 1.29 is 30.5 Å². The van der Waals surface area contributed by atoms with E-state index < -0.39 is 27.8 Å². The Bertz CT molecular complexity index is 379. The number of alkyl halides is 3. The molecule has 2 unspecified atom stereocenters. The number of rotatable bonds is 4. The summed E-state index contributed by atoms with van der Waals surface area (Å²) in [6.45, 7) is 5.13. The van der Waals surface area contributed by atoms with Crippen molar-refractivity contribution >= 4 is 10.1 Å². The molecule has 4 nitrogen and oxygen atoms in total. The first-order valence-electron chi connectivity index (χ1n) is 5.79. The molecule has 0 radical (unpaired) electrons. The van der Waals surface area contributed by atoms with Crippen molar-refractivity contribution in [2.75, 3.05) is 0 Å². The van der Waals surface area contributed by atoms with Gasteiger partial charge >= 0.3 is 15.6 Å². The highest BCUT2D eigenvalue weighted by Gasteiger charge is 2.52. The highest BCUT2D eigenvalue weighted by molar-refractivity contribution is 7.87. The standard InChI is InChI=1S/C10H17F3O4S/c1-4-7-8(5-2)16-6(3)9(7)17-18(14,15)10(11,12)13/h6-9H,4-5H2,1-3H3/t6-,7?,8+,9?/m0/s1. The van der Waals surface area contributed by atoms with E-state index in [2.05, 4.69) is 4.18 Å². The van der Waals surface area contributed by atoms with Crippen molar-refractivity contribution in [3.05, 3.63) is 0 Å². The Morgan fingerprint density at radius 3 is 2.17 bits per heavy atom. The second-order valence-corrected chi connectivity index (χ2v) is 5.88. The molecule has 1 saturated heterocycles. The Morgan fingerprint density at radius 1 is 1.22 bits per heavy atom. The molecule has 1 aliphatic heterocycles. The smallest absolute Gasteiger partial charge is 0.372 e. The van der Waals surface area contributed by atoms with Crippen molar-refractivity contribution in [2.24, 2.45) is 5.92 Å². The third-order valence-corrected chi connectivity index (χ3v) is 4.19. The fourth-order valence-corrected chi connectivity index (χ4v) is 2.96. The van der Waals surface area contributed by atoms with Gasteiger partial charge in [0, 0.05) is 5.92 Å². The zero-order valence-corrected chi connectivity index (χ0v) is 11.2. The lowest BCUT2D eigenvalue weighted by Gasteiger charge is -2.22. The zero-order chi connectivity index (χ0) is 14.1. The summed E-state index contributed by atoms with van der Waals surface area (Å²) in [5.41, 5.74) is -5.39. The Hall–Kier alpha value is -0.340. The fourth-order valence-electron chi connectivity index (χ4n) is 2.26. The summed E-state index contributed by atoms with van der Waals surface area (Å²) in [6.07, 6.45) is -0.905. The van der Waals surface area contributed by atoms with Crippen LogP contribution >= 0.6 is 0 Å². The molecule has 18 heavy (non-hydrogen) atoms. The van der Waals surface area contributed by atoms with Crippen LogP contribution in [0, 0.1) is 5.92 Å². The van der Waals surface area contributed by atoms with E-state index in [9.17, 15) is 21.6 Å². The van der Waals surface area contributed by atoms with Gasteiger partial charge in [-0.2, -0.15) is 21.6 Å². The minimum Gasteiger partial charge on any atom is -0.372 e. The van der Waals surface area contributed by atoms with Crippen LogP contribution in [-0.4, -0.2) is 32.2 Å². The Kier molecular flexibility index (Phi) is 4.66. The summed E-state index contributed by atoms with van der Waals surface area (Å²) >= 11 is 0. The summed E-state index contributed by atoms with van der Waals surface area (Å²) in [4.78, 5) is 0. The molecular weight excluding hydrogens is 273 g/mol. The van der Waals surface area contributed by atoms with Crippen molar-refractivity contribution in [1.29, 1.82) is 0 Å². The largest absolute Gasteiger partial charge is 0.523 e. The highest BCUT2D eigenvalue weighted by atomic mass is 32.2. The molecule has 1 rings (SSSR count). The van der Waals surface area contributed by atoms with Gasteiger partial charge in [-0.15, -0.1) is 0 Å². The molecule has 0 spiro atoms.